The topological polar surface area (TPSA) is 32.7 Å². The van der Waals surface area contributed by atoms with Crippen molar-refractivity contribution in [2.24, 2.45) is 0 Å². The summed E-state index contributed by atoms with van der Waals surface area (Å²) in [7, 11) is 0. The van der Waals surface area contributed by atoms with E-state index in [0.29, 0.717) is 6.04 Å². The first-order valence-electron chi connectivity index (χ1n) is 6.74. The van der Waals surface area contributed by atoms with Gasteiger partial charge in [-0.25, -0.2) is 0 Å². The van der Waals surface area contributed by atoms with Crippen LogP contribution in [0.2, 0.25) is 0 Å². The van der Waals surface area contributed by atoms with Gasteiger partial charge in [-0.2, -0.15) is 0 Å². The maximum Gasteiger partial charge on any atom is 0.0527 e. The molecule has 1 saturated heterocycles. The van der Waals surface area contributed by atoms with Crippen molar-refractivity contribution in [3.8, 4) is 0 Å². The third-order valence-electron chi connectivity index (χ3n) is 3.30. The Balaban J connectivity index is 2.23. The average Bonchev–Trinajstić information content (AvgIpc) is 2.26. The summed E-state index contributed by atoms with van der Waals surface area (Å²) in [5, 5.41) is 9.48. The molecule has 3 heteroatoms. The number of ether oxygens (including phenoxy) is 1. The van der Waals surface area contributed by atoms with Gasteiger partial charge < -0.3 is 14.7 Å². The van der Waals surface area contributed by atoms with E-state index in [1.165, 1.54) is 25.8 Å². The van der Waals surface area contributed by atoms with E-state index in [2.05, 4.69) is 4.90 Å². The van der Waals surface area contributed by atoms with Crippen LogP contribution < -0.4 is 0 Å². The van der Waals surface area contributed by atoms with Gasteiger partial charge >= 0.3 is 0 Å². The van der Waals surface area contributed by atoms with Gasteiger partial charge in [0, 0.05) is 25.8 Å². The van der Waals surface area contributed by atoms with Gasteiger partial charge in [-0.1, -0.05) is 6.42 Å². The molecule has 0 aromatic rings. The van der Waals surface area contributed by atoms with Crippen molar-refractivity contribution < 1.29 is 9.84 Å². The molecular formula is C13H27NO2. The Bertz CT molecular complexity index is 173. The minimum absolute atomic E-state index is 0.169. The Labute approximate surface area is 99.8 Å². The molecule has 0 aromatic carbocycles. The van der Waals surface area contributed by atoms with E-state index in [-0.39, 0.29) is 6.10 Å². The van der Waals surface area contributed by atoms with Crippen LogP contribution >= 0.6 is 0 Å². The number of likely N-dealkylation sites (tertiary alicyclic amines) is 1. The SMILES string of the molecule is CCOCCCN1CCCCC1CC(C)O. The van der Waals surface area contributed by atoms with E-state index in [9.17, 15) is 5.11 Å². The molecule has 1 aliphatic heterocycles. The highest BCUT2D eigenvalue weighted by Crippen LogP contribution is 2.20. The number of nitrogens with zero attached hydrogens (tertiary/aromatic N) is 1. The van der Waals surface area contributed by atoms with Crippen LogP contribution in [0, 0.1) is 0 Å². The Hall–Kier alpha value is -0.120. The first-order chi connectivity index (χ1) is 7.74. The van der Waals surface area contributed by atoms with Crippen LogP contribution in [0.15, 0.2) is 0 Å². The predicted octanol–water partition coefficient (Wildman–Crippen LogP) is 2.04. The summed E-state index contributed by atoms with van der Waals surface area (Å²) in [5.74, 6) is 0. The third-order valence-corrected chi connectivity index (χ3v) is 3.30. The molecule has 0 saturated carbocycles. The van der Waals surface area contributed by atoms with Crippen LogP contribution in [0.3, 0.4) is 0 Å². The molecule has 0 amide bonds. The molecule has 2 atom stereocenters. The fourth-order valence-electron chi connectivity index (χ4n) is 2.53. The van der Waals surface area contributed by atoms with Crippen molar-refractivity contribution in [3.05, 3.63) is 0 Å². The van der Waals surface area contributed by atoms with Crippen molar-refractivity contribution in [2.45, 2.75) is 58.1 Å². The van der Waals surface area contributed by atoms with Crippen molar-refractivity contribution in [1.29, 1.82) is 0 Å². The summed E-state index contributed by atoms with van der Waals surface area (Å²) in [6.45, 7) is 7.94. The Kier molecular flexibility index (Phi) is 7.01. The van der Waals surface area contributed by atoms with E-state index in [4.69, 9.17) is 4.74 Å². The largest absolute Gasteiger partial charge is 0.393 e. The van der Waals surface area contributed by atoms with Crippen LogP contribution in [0.5, 0.6) is 0 Å². The fourth-order valence-corrected chi connectivity index (χ4v) is 2.53. The summed E-state index contributed by atoms with van der Waals surface area (Å²) < 4.78 is 5.36. The molecule has 1 rings (SSSR count). The number of hydrogen-bond donors (Lipinski definition) is 1. The molecule has 1 heterocycles. The molecule has 0 aromatic heterocycles. The zero-order valence-electron chi connectivity index (χ0n) is 10.8. The smallest absolute Gasteiger partial charge is 0.0527 e. The second kappa shape index (κ2) is 8.04. The Morgan fingerprint density at radius 1 is 1.44 bits per heavy atom. The van der Waals surface area contributed by atoms with Gasteiger partial charge in [0.25, 0.3) is 0 Å². The maximum atomic E-state index is 9.48. The van der Waals surface area contributed by atoms with Gasteiger partial charge in [0.15, 0.2) is 0 Å². The molecule has 3 nitrogen and oxygen atoms in total. The van der Waals surface area contributed by atoms with Gasteiger partial charge in [-0.3, -0.25) is 0 Å². The molecule has 96 valence electrons. The van der Waals surface area contributed by atoms with E-state index >= 15 is 0 Å². The van der Waals surface area contributed by atoms with Crippen LogP contribution in [-0.2, 0) is 4.74 Å². The lowest BCUT2D eigenvalue weighted by atomic mass is 9.97. The van der Waals surface area contributed by atoms with Gasteiger partial charge in [-0.05, 0) is 46.1 Å². The summed E-state index contributed by atoms with van der Waals surface area (Å²) >= 11 is 0. The molecule has 16 heavy (non-hydrogen) atoms. The molecule has 0 aliphatic carbocycles. The maximum absolute atomic E-state index is 9.48. The molecule has 2 unspecified atom stereocenters. The van der Waals surface area contributed by atoms with Crippen molar-refractivity contribution in [1.82, 2.24) is 4.90 Å². The van der Waals surface area contributed by atoms with Gasteiger partial charge in [-0.15, -0.1) is 0 Å². The predicted molar refractivity (Wildman–Crippen MR) is 66.6 cm³/mol. The second-order valence-electron chi connectivity index (χ2n) is 4.82. The molecule has 1 aliphatic rings. The van der Waals surface area contributed by atoms with Crippen molar-refractivity contribution >= 4 is 0 Å². The van der Waals surface area contributed by atoms with Gasteiger partial charge in [0.2, 0.25) is 0 Å². The lowest BCUT2D eigenvalue weighted by molar-refractivity contribution is 0.0735. The van der Waals surface area contributed by atoms with Crippen molar-refractivity contribution in [3.63, 3.8) is 0 Å². The average molecular weight is 229 g/mol. The highest BCUT2D eigenvalue weighted by molar-refractivity contribution is 4.78. The lowest BCUT2D eigenvalue weighted by Crippen LogP contribution is -2.41. The quantitative estimate of drug-likeness (QED) is 0.678. The van der Waals surface area contributed by atoms with Crippen molar-refractivity contribution in [2.75, 3.05) is 26.3 Å². The van der Waals surface area contributed by atoms with Crippen LogP contribution in [0.25, 0.3) is 0 Å². The van der Waals surface area contributed by atoms with E-state index in [0.717, 1.165) is 32.6 Å². The highest BCUT2D eigenvalue weighted by atomic mass is 16.5. The highest BCUT2D eigenvalue weighted by Gasteiger charge is 2.22. The van der Waals surface area contributed by atoms with E-state index in [1.54, 1.807) is 0 Å². The monoisotopic (exact) mass is 229 g/mol. The number of aliphatic hydroxyl groups excluding tert-OH is 1. The fraction of sp³-hybridized carbons (Fsp3) is 1.00. The third kappa shape index (κ3) is 5.28. The normalized spacial score (nSPS) is 24.6. The first kappa shape index (κ1) is 13.9. The zero-order chi connectivity index (χ0) is 11.8. The zero-order valence-corrected chi connectivity index (χ0v) is 10.8. The number of rotatable bonds is 7. The number of aliphatic hydroxyl groups is 1. The standard InChI is InChI=1S/C13H27NO2/c1-3-16-10-6-9-14-8-5-4-7-13(14)11-12(2)15/h12-13,15H,3-11H2,1-2H3. The van der Waals surface area contributed by atoms with Crippen LogP contribution in [0.1, 0.15) is 46.0 Å². The summed E-state index contributed by atoms with van der Waals surface area (Å²) in [4.78, 5) is 2.54. The molecular weight excluding hydrogens is 202 g/mol. The summed E-state index contributed by atoms with van der Waals surface area (Å²) in [6.07, 6.45) is 5.75. The summed E-state index contributed by atoms with van der Waals surface area (Å²) in [5.41, 5.74) is 0. The second-order valence-corrected chi connectivity index (χ2v) is 4.82. The van der Waals surface area contributed by atoms with E-state index in [1.807, 2.05) is 13.8 Å². The van der Waals surface area contributed by atoms with Crippen LogP contribution in [0.4, 0.5) is 0 Å². The van der Waals surface area contributed by atoms with E-state index < -0.39 is 0 Å². The number of hydrogen-bond acceptors (Lipinski definition) is 3. The molecule has 0 bridgehead atoms. The minimum atomic E-state index is -0.169. The first-order valence-corrected chi connectivity index (χ1v) is 6.74. The Morgan fingerprint density at radius 3 is 2.94 bits per heavy atom. The molecule has 0 spiro atoms. The molecule has 1 N–H and O–H groups in total. The van der Waals surface area contributed by atoms with Gasteiger partial charge in [0.05, 0.1) is 6.10 Å². The van der Waals surface area contributed by atoms with Gasteiger partial charge in [0.1, 0.15) is 0 Å². The number of piperidine rings is 1. The van der Waals surface area contributed by atoms with Crippen LogP contribution in [-0.4, -0.2) is 48.5 Å². The lowest BCUT2D eigenvalue weighted by Gasteiger charge is -2.36. The summed E-state index contributed by atoms with van der Waals surface area (Å²) in [6, 6.07) is 0.593. The minimum Gasteiger partial charge on any atom is -0.393 e. The Morgan fingerprint density at radius 2 is 2.25 bits per heavy atom. The molecule has 0 radical (unpaired) electrons. The molecule has 1 fully saturated rings.